The fourth-order valence-electron chi connectivity index (χ4n) is 1.20. The molecule has 0 unspecified atom stereocenters. The Hall–Kier alpha value is -1.77. The molecule has 66 valence electrons. The Morgan fingerprint density at radius 3 is 2.46 bits per heavy atom. The number of aromatic nitrogens is 2. The van der Waals surface area contributed by atoms with Crippen LogP contribution in [-0.2, 0) is 0 Å². The highest BCUT2D eigenvalue weighted by atomic mass is 15.1. The lowest BCUT2D eigenvalue weighted by atomic mass is 10.2. The Labute approximate surface area is 76.8 Å². The van der Waals surface area contributed by atoms with Gasteiger partial charge in [0.2, 0.25) is 0 Å². The van der Waals surface area contributed by atoms with Gasteiger partial charge in [-0.05, 0) is 19.1 Å². The zero-order valence-electron chi connectivity index (χ0n) is 7.44. The number of nitrogens with zero attached hydrogens (tertiary/aromatic N) is 2. The summed E-state index contributed by atoms with van der Waals surface area (Å²) >= 11 is 0. The molecule has 13 heavy (non-hydrogen) atoms. The molecule has 0 saturated heterocycles. The van der Waals surface area contributed by atoms with Crippen molar-refractivity contribution in [2.24, 2.45) is 0 Å². The number of nitrogen functional groups attached to an aromatic ring is 1. The number of hydrogen-bond acceptors (Lipinski definition) is 2. The molecule has 1 aromatic heterocycles. The minimum atomic E-state index is 0.542. The minimum Gasteiger partial charge on any atom is -0.382 e. The van der Waals surface area contributed by atoms with E-state index in [9.17, 15) is 0 Å². The molecule has 2 N–H and O–H groups in total. The Morgan fingerprint density at radius 2 is 1.92 bits per heavy atom. The number of benzene rings is 1. The third-order valence-corrected chi connectivity index (χ3v) is 1.93. The third kappa shape index (κ3) is 1.54. The lowest BCUT2D eigenvalue weighted by Crippen LogP contribution is -1.89. The summed E-state index contributed by atoms with van der Waals surface area (Å²) < 4.78 is 1.90. The summed E-state index contributed by atoms with van der Waals surface area (Å²) in [6, 6.07) is 8.20. The second kappa shape index (κ2) is 2.94. The average Bonchev–Trinajstić information content (AvgIpc) is 2.53. The van der Waals surface area contributed by atoms with Gasteiger partial charge in [-0.1, -0.05) is 17.7 Å². The molecule has 1 aromatic carbocycles. The smallest absolute Gasteiger partial charge is 0.141 e. The van der Waals surface area contributed by atoms with Crippen LogP contribution in [0, 0.1) is 6.92 Å². The van der Waals surface area contributed by atoms with E-state index < -0.39 is 0 Å². The third-order valence-electron chi connectivity index (χ3n) is 1.93. The van der Waals surface area contributed by atoms with E-state index in [2.05, 4.69) is 24.0 Å². The SMILES string of the molecule is Cc1ccc(-n2cnc(N)c2)cc1. The number of anilines is 1. The van der Waals surface area contributed by atoms with Gasteiger partial charge < -0.3 is 10.3 Å². The van der Waals surface area contributed by atoms with Gasteiger partial charge in [0.15, 0.2) is 0 Å². The highest BCUT2D eigenvalue weighted by Gasteiger charge is 1.96. The number of aryl methyl sites for hydroxylation is 1. The molecule has 0 atom stereocenters. The van der Waals surface area contributed by atoms with Gasteiger partial charge in [-0.15, -0.1) is 0 Å². The molecule has 0 radical (unpaired) electrons. The highest BCUT2D eigenvalue weighted by molar-refractivity contribution is 5.37. The van der Waals surface area contributed by atoms with E-state index in [-0.39, 0.29) is 0 Å². The van der Waals surface area contributed by atoms with Crippen molar-refractivity contribution in [2.45, 2.75) is 6.92 Å². The Morgan fingerprint density at radius 1 is 1.23 bits per heavy atom. The summed E-state index contributed by atoms with van der Waals surface area (Å²) in [5.41, 5.74) is 7.84. The first kappa shape index (κ1) is 7.86. The fraction of sp³-hybridized carbons (Fsp3) is 0.100. The van der Waals surface area contributed by atoms with E-state index in [1.54, 1.807) is 12.5 Å². The zero-order valence-corrected chi connectivity index (χ0v) is 7.44. The molecule has 0 amide bonds. The van der Waals surface area contributed by atoms with Crippen LogP contribution < -0.4 is 5.73 Å². The van der Waals surface area contributed by atoms with Gasteiger partial charge in [0.25, 0.3) is 0 Å². The van der Waals surface area contributed by atoms with Gasteiger partial charge in [0, 0.05) is 5.69 Å². The largest absolute Gasteiger partial charge is 0.382 e. The molecule has 0 fully saturated rings. The van der Waals surface area contributed by atoms with Crippen LogP contribution in [0.1, 0.15) is 5.56 Å². The predicted molar refractivity (Wildman–Crippen MR) is 52.7 cm³/mol. The molecule has 0 aliphatic carbocycles. The fourth-order valence-corrected chi connectivity index (χ4v) is 1.20. The topological polar surface area (TPSA) is 43.8 Å². The maximum absolute atomic E-state index is 5.51. The first-order chi connectivity index (χ1) is 6.25. The van der Waals surface area contributed by atoms with Crippen LogP contribution in [0.15, 0.2) is 36.8 Å². The number of nitrogens with two attached hydrogens (primary N) is 1. The standard InChI is InChI=1S/C10H11N3/c1-8-2-4-9(5-3-8)13-6-10(11)12-7-13/h2-7H,11H2,1H3. The van der Waals surface area contributed by atoms with Crippen molar-refractivity contribution in [3.8, 4) is 5.69 Å². The predicted octanol–water partition coefficient (Wildman–Crippen LogP) is 1.76. The molecule has 0 saturated carbocycles. The summed E-state index contributed by atoms with van der Waals surface area (Å²) in [6.45, 7) is 2.06. The van der Waals surface area contributed by atoms with Gasteiger partial charge in [-0.25, -0.2) is 4.98 Å². The van der Waals surface area contributed by atoms with Crippen LogP contribution in [0.5, 0.6) is 0 Å². The maximum Gasteiger partial charge on any atom is 0.141 e. The molecule has 3 heteroatoms. The van der Waals surface area contributed by atoms with Crippen LogP contribution in [-0.4, -0.2) is 9.55 Å². The lowest BCUT2D eigenvalue weighted by Gasteiger charge is -2.00. The molecular formula is C10H11N3. The van der Waals surface area contributed by atoms with E-state index in [0.717, 1.165) is 5.69 Å². The molecule has 2 aromatic rings. The minimum absolute atomic E-state index is 0.542. The van der Waals surface area contributed by atoms with Crippen LogP contribution in [0.2, 0.25) is 0 Å². The molecule has 0 bridgehead atoms. The summed E-state index contributed by atoms with van der Waals surface area (Å²) in [6.07, 6.45) is 3.50. The second-order valence-corrected chi connectivity index (χ2v) is 3.04. The summed E-state index contributed by atoms with van der Waals surface area (Å²) in [5, 5.41) is 0. The van der Waals surface area contributed by atoms with Crippen LogP contribution in [0.4, 0.5) is 5.82 Å². The number of rotatable bonds is 1. The maximum atomic E-state index is 5.51. The van der Waals surface area contributed by atoms with E-state index >= 15 is 0 Å². The van der Waals surface area contributed by atoms with Gasteiger partial charge in [0.05, 0.1) is 6.20 Å². The zero-order chi connectivity index (χ0) is 9.26. The Bertz CT molecular complexity index is 400. The van der Waals surface area contributed by atoms with Crippen molar-refractivity contribution in [3.63, 3.8) is 0 Å². The number of imidazole rings is 1. The molecular weight excluding hydrogens is 162 g/mol. The van der Waals surface area contributed by atoms with E-state index in [1.807, 2.05) is 16.7 Å². The van der Waals surface area contributed by atoms with Crippen LogP contribution >= 0.6 is 0 Å². The van der Waals surface area contributed by atoms with Gasteiger partial charge in [-0.2, -0.15) is 0 Å². The van der Waals surface area contributed by atoms with Gasteiger partial charge in [0.1, 0.15) is 12.1 Å². The average molecular weight is 173 g/mol. The molecule has 1 heterocycles. The Balaban J connectivity index is 2.41. The monoisotopic (exact) mass is 173 g/mol. The molecule has 0 aliphatic rings. The van der Waals surface area contributed by atoms with Crippen molar-refractivity contribution < 1.29 is 0 Å². The van der Waals surface area contributed by atoms with E-state index in [0.29, 0.717) is 5.82 Å². The molecule has 0 aliphatic heterocycles. The summed E-state index contributed by atoms with van der Waals surface area (Å²) in [5.74, 6) is 0.542. The number of hydrogen-bond donors (Lipinski definition) is 1. The van der Waals surface area contributed by atoms with E-state index in [4.69, 9.17) is 5.73 Å². The van der Waals surface area contributed by atoms with Crippen molar-refractivity contribution >= 4 is 5.82 Å². The second-order valence-electron chi connectivity index (χ2n) is 3.04. The van der Waals surface area contributed by atoms with Crippen molar-refractivity contribution in [1.82, 2.24) is 9.55 Å². The normalized spacial score (nSPS) is 10.2. The summed E-state index contributed by atoms with van der Waals surface area (Å²) in [4.78, 5) is 3.96. The quantitative estimate of drug-likeness (QED) is 0.714. The van der Waals surface area contributed by atoms with Crippen LogP contribution in [0.3, 0.4) is 0 Å². The van der Waals surface area contributed by atoms with E-state index in [1.165, 1.54) is 5.56 Å². The first-order valence-electron chi connectivity index (χ1n) is 4.12. The first-order valence-corrected chi connectivity index (χ1v) is 4.12. The van der Waals surface area contributed by atoms with Crippen molar-refractivity contribution in [3.05, 3.63) is 42.4 Å². The van der Waals surface area contributed by atoms with Gasteiger partial charge >= 0.3 is 0 Å². The lowest BCUT2D eigenvalue weighted by molar-refractivity contribution is 1.06. The van der Waals surface area contributed by atoms with Crippen LogP contribution in [0.25, 0.3) is 5.69 Å². The van der Waals surface area contributed by atoms with Crippen molar-refractivity contribution in [2.75, 3.05) is 5.73 Å². The van der Waals surface area contributed by atoms with Gasteiger partial charge in [-0.3, -0.25) is 0 Å². The molecule has 0 spiro atoms. The molecule has 2 rings (SSSR count). The van der Waals surface area contributed by atoms with Crippen molar-refractivity contribution in [1.29, 1.82) is 0 Å². The summed E-state index contributed by atoms with van der Waals surface area (Å²) in [7, 11) is 0. The molecule has 3 nitrogen and oxygen atoms in total. The Kier molecular flexibility index (Phi) is 1.77. The highest BCUT2D eigenvalue weighted by Crippen LogP contribution is 2.10.